The van der Waals surface area contributed by atoms with Crippen molar-refractivity contribution in [1.82, 2.24) is 0 Å². The minimum absolute atomic E-state index is 0.188. The zero-order chi connectivity index (χ0) is 46.5. The lowest BCUT2D eigenvalue weighted by Crippen LogP contribution is -2.16. The van der Waals surface area contributed by atoms with Crippen LogP contribution in [0.3, 0.4) is 0 Å². The molecule has 12 heteroatoms. The SMILES string of the molecule is CCCCOC(=O)Oc1c2cccc(C)c2c(OC(=O)OCCCC)c2cccc(C)c12.Cc1cccc2c(OC(=O)OCC(C)C)c3c(C)cccc3c(OC(=O)OCC(C)C)c12. The van der Waals surface area contributed by atoms with E-state index >= 15 is 0 Å². The smallest absolute Gasteiger partial charge is 0.434 e. The molecule has 0 saturated carbocycles. The number of carbonyl (C=O) groups excluding carboxylic acids is 4. The largest absolute Gasteiger partial charge is 0.513 e. The van der Waals surface area contributed by atoms with Crippen molar-refractivity contribution < 1.29 is 57.1 Å². The van der Waals surface area contributed by atoms with Gasteiger partial charge in [-0.05, 0) is 74.6 Å². The van der Waals surface area contributed by atoms with Crippen LogP contribution in [0.4, 0.5) is 19.2 Å². The van der Waals surface area contributed by atoms with Crippen LogP contribution in [0.5, 0.6) is 23.0 Å². The third kappa shape index (κ3) is 11.9. The second kappa shape index (κ2) is 22.7. The monoisotopic (exact) mass is 876 g/mol. The molecule has 0 heterocycles. The van der Waals surface area contributed by atoms with E-state index in [1.807, 2.05) is 142 Å². The highest BCUT2D eigenvalue weighted by Crippen LogP contribution is 2.47. The third-order valence-corrected chi connectivity index (χ3v) is 10.2. The summed E-state index contributed by atoms with van der Waals surface area (Å²) in [6.45, 7) is 20.6. The molecule has 340 valence electrons. The van der Waals surface area contributed by atoms with Gasteiger partial charge in [-0.1, -0.05) is 127 Å². The molecule has 0 aliphatic carbocycles. The number of hydrogen-bond donors (Lipinski definition) is 0. The van der Waals surface area contributed by atoms with Gasteiger partial charge in [0.1, 0.15) is 0 Å². The molecule has 0 radical (unpaired) electrons. The van der Waals surface area contributed by atoms with E-state index in [-0.39, 0.29) is 25.0 Å². The van der Waals surface area contributed by atoms with Crippen LogP contribution < -0.4 is 18.9 Å². The van der Waals surface area contributed by atoms with Crippen molar-refractivity contribution in [2.45, 2.75) is 94.9 Å². The van der Waals surface area contributed by atoms with Gasteiger partial charge < -0.3 is 37.9 Å². The Morgan fingerprint density at radius 1 is 0.406 bits per heavy atom. The van der Waals surface area contributed by atoms with Crippen LogP contribution in [-0.4, -0.2) is 51.0 Å². The molecule has 0 atom stereocenters. The van der Waals surface area contributed by atoms with Crippen LogP contribution in [0.25, 0.3) is 43.1 Å². The molecule has 0 spiro atoms. The van der Waals surface area contributed by atoms with Crippen molar-refractivity contribution in [2.75, 3.05) is 26.4 Å². The number of ether oxygens (including phenoxy) is 8. The molecule has 0 aliphatic rings. The van der Waals surface area contributed by atoms with Crippen molar-refractivity contribution in [2.24, 2.45) is 11.8 Å². The summed E-state index contributed by atoms with van der Waals surface area (Å²) in [5.74, 6) is 1.93. The second-order valence-electron chi connectivity index (χ2n) is 16.5. The molecular formula is C52H60O12. The number of fused-ring (bicyclic) bond motifs is 4. The van der Waals surface area contributed by atoms with E-state index in [0.29, 0.717) is 79.3 Å². The molecule has 0 saturated heterocycles. The normalized spacial score (nSPS) is 11.1. The average molecular weight is 877 g/mol. The van der Waals surface area contributed by atoms with Crippen molar-refractivity contribution in [3.63, 3.8) is 0 Å². The molecule has 0 aliphatic heterocycles. The summed E-state index contributed by atoms with van der Waals surface area (Å²) >= 11 is 0. The van der Waals surface area contributed by atoms with E-state index in [1.165, 1.54) is 0 Å². The lowest BCUT2D eigenvalue weighted by molar-refractivity contribution is 0.0879. The van der Waals surface area contributed by atoms with Crippen LogP contribution in [-0.2, 0) is 18.9 Å². The van der Waals surface area contributed by atoms with Gasteiger partial charge in [0.05, 0.1) is 26.4 Å². The molecular weight excluding hydrogens is 817 g/mol. The Morgan fingerprint density at radius 2 is 0.656 bits per heavy atom. The van der Waals surface area contributed by atoms with E-state index in [2.05, 4.69) is 0 Å². The number of hydrogen-bond acceptors (Lipinski definition) is 12. The topological polar surface area (TPSA) is 142 Å². The van der Waals surface area contributed by atoms with Crippen molar-refractivity contribution in [1.29, 1.82) is 0 Å². The Morgan fingerprint density at radius 3 is 0.891 bits per heavy atom. The minimum Gasteiger partial charge on any atom is -0.434 e. The fraction of sp³-hybridized carbons (Fsp3) is 0.385. The molecule has 12 nitrogen and oxygen atoms in total. The lowest BCUT2D eigenvalue weighted by atomic mass is 9.95. The van der Waals surface area contributed by atoms with Gasteiger partial charge in [-0.3, -0.25) is 0 Å². The molecule has 6 aromatic carbocycles. The van der Waals surface area contributed by atoms with Gasteiger partial charge >= 0.3 is 24.6 Å². The fourth-order valence-electron chi connectivity index (χ4n) is 7.12. The van der Waals surface area contributed by atoms with Gasteiger partial charge in [0, 0.05) is 43.1 Å². The molecule has 0 fully saturated rings. The van der Waals surface area contributed by atoms with Crippen LogP contribution in [0, 0.1) is 39.5 Å². The number of carbonyl (C=O) groups is 4. The predicted octanol–water partition coefficient (Wildman–Crippen LogP) is 14.2. The summed E-state index contributed by atoms with van der Waals surface area (Å²) in [5.41, 5.74) is 3.51. The van der Waals surface area contributed by atoms with Gasteiger partial charge in [0.2, 0.25) is 0 Å². The van der Waals surface area contributed by atoms with Gasteiger partial charge in [-0.15, -0.1) is 0 Å². The Hall–Kier alpha value is -6.56. The Balaban J connectivity index is 0.000000241. The first-order chi connectivity index (χ1) is 30.7. The standard InChI is InChI=1S/2C26H30O6/c1-15(2)13-29-25(27)31-23-19-11-7-10-18(6)22(19)24(32-26(28)30-14-16(3)4)20-12-8-9-17(5)21(20)23;1-5-7-15-29-25(27)31-23-19-13-9-12-18(4)22(19)24(32-26(28)30-16-8-6-2)20-14-10-11-17(3)21(20)23/h7-12,15-16H,13-14H2,1-6H3;9-14H,5-8,15-16H2,1-4H3. The van der Waals surface area contributed by atoms with Gasteiger partial charge in [0.25, 0.3) is 0 Å². The summed E-state index contributed by atoms with van der Waals surface area (Å²) in [5, 5.41) is 5.37. The highest BCUT2D eigenvalue weighted by Gasteiger charge is 2.25. The maximum absolute atomic E-state index is 12.5. The maximum atomic E-state index is 12.5. The summed E-state index contributed by atoms with van der Waals surface area (Å²) in [7, 11) is 0. The minimum atomic E-state index is -0.768. The molecule has 64 heavy (non-hydrogen) atoms. The molecule has 6 aromatic rings. The average Bonchev–Trinajstić information content (AvgIpc) is 3.25. The second-order valence-corrected chi connectivity index (χ2v) is 16.5. The summed E-state index contributed by atoms with van der Waals surface area (Å²) in [4.78, 5) is 49.8. The predicted molar refractivity (Wildman–Crippen MR) is 249 cm³/mol. The quantitative estimate of drug-likeness (QED) is 0.0338. The molecule has 0 amide bonds. The van der Waals surface area contributed by atoms with Crippen LogP contribution in [0.1, 0.15) is 89.5 Å². The summed E-state index contributed by atoms with van der Waals surface area (Å²) in [6, 6.07) is 22.5. The molecule has 0 bridgehead atoms. The van der Waals surface area contributed by atoms with Crippen molar-refractivity contribution >= 4 is 67.7 Å². The fourth-order valence-corrected chi connectivity index (χ4v) is 7.12. The lowest BCUT2D eigenvalue weighted by Gasteiger charge is -2.19. The Labute approximate surface area is 375 Å². The van der Waals surface area contributed by atoms with E-state index in [1.54, 1.807) is 0 Å². The van der Waals surface area contributed by atoms with Gasteiger partial charge in [-0.25, -0.2) is 19.2 Å². The van der Waals surface area contributed by atoms with Crippen LogP contribution in [0.15, 0.2) is 72.8 Å². The number of benzene rings is 6. The van der Waals surface area contributed by atoms with E-state index in [4.69, 9.17) is 37.9 Å². The van der Waals surface area contributed by atoms with E-state index in [9.17, 15) is 19.2 Å². The Kier molecular flexibility index (Phi) is 17.2. The molecule has 6 rings (SSSR count). The zero-order valence-corrected chi connectivity index (χ0v) is 38.6. The third-order valence-electron chi connectivity index (χ3n) is 10.2. The van der Waals surface area contributed by atoms with Crippen molar-refractivity contribution in [3.05, 3.63) is 95.1 Å². The summed E-state index contributed by atoms with van der Waals surface area (Å²) in [6.07, 6.45) is 0.322. The van der Waals surface area contributed by atoms with Gasteiger partial charge in [-0.2, -0.15) is 0 Å². The number of unbranched alkanes of at least 4 members (excludes halogenated alkanes) is 2. The zero-order valence-electron chi connectivity index (χ0n) is 38.6. The van der Waals surface area contributed by atoms with Crippen molar-refractivity contribution in [3.8, 4) is 23.0 Å². The first kappa shape index (κ1) is 48.5. The highest BCUT2D eigenvalue weighted by atomic mass is 16.7. The number of aryl methyl sites for hydroxylation is 4. The van der Waals surface area contributed by atoms with E-state index < -0.39 is 24.6 Å². The summed E-state index contributed by atoms with van der Waals surface area (Å²) < 4.78 is 43.9. The first-order valence-electron chi connectivity index (χ1n) is 21.9. The van der Waals surface area contributed by atoms with Crippen LogP contribution >= 0.6 is 0 Å². The Bertz CT molecular complexity index is 2450. The van der Waals surface area contributed by atoms with E-state index in [0.717, 1.165) is 47.9 Å². The molecule has 0 unspecified atom stereocenters. The highest BCUT2D eigenvalue weighted by molar-refractivity contribution is 6.15. The maximum Gasteiger partial charge on any atom is 0.513 e. The van der Waals surface area contributed by atoms with Gasteiger partial charge in [0.15, 0.2) is 23.0 Å². The first-order valence-corrected chi connectivity index (χ1v) is 21.9. The molecule has 0 aromatic heterocycles. The molecule has 0 N–H and O–H groups in total. The number of rotatable bonds is 14. The van der Waals surface area contributed by atoms with Crippen LogP contribution in [0.2, 0.25) is 0 Å².